The number of halogens is 2. The van der Waals surface area contributed by atoms with Gasteiger partial charge in [0, 0.05) is 12.7 Å². The third kappa shape index (κ3) is 2.67. The molecule has 2 rings (SSSR count). The first-order chi connectivity index (χ1) is 8.99. The van der Waals surface area contributed by atoms with Crippen LogP contribution in [-0.2, 0) is 0 Å². The molecule has 98 valence electrons. The van der Waals surface area contributed by atoms with Crippen LogP contribution in [0.15, 0.2) is 36.5 Å². The van der Waals surface area contributed by atoms with Crippen LogP contribution in [0, 0.1) is 11.6 Å². The summed E-state index contributed by atoms with van der Waals surface area (Å²) in [7, 11) is 1.53. The van der Waals surface area contributed by atoms with Crippen LogP contribution < -0.4 is 4.90 Å². The topological polar surface area (TPSA) is 53.4 Å². The number of carbonyl (C=O) groups is 1. The molecule has 0 bridgehead atoms. The van der Waals surface area contributed by atoms with Crippen LogP contribution in [0.5, 0.6) is 0 Å². The van der Waals surface area contributed by atoms with Gasteiger partial charge in [0.15, 0.2) is 0 Å². The largest absolute Gasteiger partial charge is 0.478 e. The maximum Gasteiger partial charge on any atom is 0.339 e. The van der Waals surface area contributed by atoms with E-state index in [1.807, 2.05) is 0 Å². The molecule has 6 heteroatoms. The number of aromatic nitrogens is 1. The first-order valence-corrected chi connectivity index (χ1v) is 5.37. The minimum absolute atomic E-state index is 0.0412. The van der Waals surface area contributed by atoms with Gasteiger partial charge in [-0.15, -0.1) is 0 Å². The maximum absolute atomic E-state index is 13.1. The second-order valence-electron chi connectivity index (χ2n) is 3.87. The van der Waals surface area contributed by atoms with Gasteiger partial charge in [-0.3, -0.25) is 0 Å². The van der Waals surface area contributed by atoms with Crippen LogP contribution in [-0.4, -0.2) is 23.1 Å². The van der Waals surface area contributed by atoms with E-state index in [9.17, 15) is 13.6 Å². The Balaban J connectivity index is 2.49. The van der Waals surface area contributed by atoms with Gasteiger partial charge in [0.2, 0.25) is 0 Å². The monoisotopic (exact) mass is 264 g/mol. The molecule has 0 atom stereocenters. The SMILES string of the molecule is CN(c1cccc(F)c1)c1ncc(F)cc1C(=O)O. The van der Waals surface area contributed by atoms with Crippen molar-refractivity contribution in [3.05, 3.63) is 53.7 Å². The van der Waals surface area contributed by atoms with Gasteiger partial charge in [-0.2, -0.15) is 0 Å². The van der Waals surface area contributed by atoms with Crippen LogP contribution in [0.25, 0.3) is 0 Å². The smallest absolute Gasteiger partial charge is 0.339 e. The molecule has 0 unspecified atom stereocenters. The van der Waals surface area contributed by atoms with Crippen molar-refractivity contribution in [3.63, 3.8) is 0 Å². The van der Waals surface area contributed by atoms with Gasteiger partial charge in [0.05, 0.1) is 6.20 Å². The molecular formula is C13H10F2N2O2. The third-order valence-electron chi connectivity index (χ3n) is 2.58. The summed E-state index contributed by atoms with van der Waals surface area (Å²) in [4.78, 5) is 16.2. The first-order valence-electron chi connectivity index (χ1n) is 5.37. The van der Waals surface area contributed by atoms with Crippen molar-refractivity contribution < 1.29 is 18.7 Å². The average molecular weight is 264 g/mol. The zero-order valence-electron chi connectivity index (χ0n) is 9.97. The fourth-order valence-corrected chi connectivity index (χ4v) is 1.66. The number of hydrogen-bond donors (Lipinski definition) is 1. The second-order valence-corrected chi connectivity index (χ2v) is 3.87. The summed E-state index contributed by atoms with van der Waals surface area (Å²) < 4.78 is 26.2. The van der Waals surface area contributed by atoms with E-state index in [0.29, 0.717) is 5.69 Å². The number of carboxylic acids is 1. The Morgan fingerprint density at radius 1 is 1.26 bits per heavy atom. The van der Waals surface area contributed by atoms with Crippen molar-refractivity contribution in [3.8, 4) is 0 Å². The zero-order chi connectivity index (χ0) is 14.0. The molecule has 0 aliphatic rings. The van der Waals surface area contributed by atoms with E-state index in [1.54, 1.807) is 6.07 Å². The molecule has 0 aliphatic heterocycles. The summed E-state index contributed by atoms with van der Waals surface area (Å²) in [6.45, 7) is 0. The van der Waals surface area contributed by atoms with Crippen molar-refractivity contribution in [2.24, 2.45) is 0 Å². The lowest BCUT2D eigenvalue weighted by Crippen LogP contribution is -2.16. The molecule has 2 aromatic rings. The molecular weight excluding hydrogens is 254 g/mol. The number of benzene rings is 1. The Morgan fingerprint density at radius 2 is 2.00 bits per heavy atom. The summed E-state index contributed by atoms with van der Waals surface area (Å²) in [6.07, 6.45) is 0.914. The van der Waals surface area contributed by atoms with Gasteiger partial charge in [0.1, 0.15) is 23.0 Å². The van der Waals surface area contributed by atoms with Gasteiger partial charge in [-0.25, -0.2) is 18.6 Å². The number of pyridine rings is 1. The summed E-state index contributed by atoms with van der Waals surface area (Å²) >= 11 is 0. The van der Waals surface area contributed by atoms with E-state index in [4.69, 9.17) is 5.11 Å². The van der Waals surface area contributed by atoms with Gasteiger partial charge in [-0.1, -0.05) is 6.07 Å². The van der Waals surface area contributed by atoms with E-state index in [2.05, 4.69) is 4.98 Å². The Hall–Kier alpha value is -2.50. The quantitative estimate of drug-likeness (QED) is 0.926. The van der Waals surface area contributed by atoms with Gasteiger partial charge in [0.25, 0.3) is 0 Å². The fraction of sp³-hybridized carbons (Fsp3) is 0.0769. The van der Waals surface area contributed by atoms with Crippen LogP contribution in [0.3, 0.4) is 0 Å². The van der Waals surface area contributed by atoms with Crippen molar-refractivity contribution in [1.29, 1.82) is 0 Å². The lowest BCUT2D eigenvalue weighted by atomic mass is 10.2. The Bertz CT molecular complexity index is 632. The van der Waals surface area contributed by atoms with E-state index >= 15 is 0 Å². The predicted octanol–water partition coefficient (Wildman–Crippen LogP) is 2.83. The maximum atomic E-state index is 13.1. The molecule has 0 spiro atoms. The lowest BCUT2D eigenvalue weighted by molar-refractivity contribution is 0.0696. The molecule has 1 heterocycles. The minimum Gasteiger partial charge on any atom is -0.478 e. The van der Waals surface area contributed by atoms with Gasteiger partial charge >= 0.3 is 5.97 Å². The van der Waals surface area contributed by atoms with Crippen LogP contribution in [0.2, 0.25) is 0 Å². The Morgan fingerprint density at radius 3 is 2.63 bits per heavy atom. The van der Waals surface area contributed by atoms with Crippen LogP contribution in [0.1, 0.15) is 10.4 Å². The molecule has 0 fully saturated rings. The number of hydrogen-bond acceptors (Lipinski definition) is 3. The standard InChI is InChI=1S/C13H10F2N2O2/c1-17(10-4-2-3-8(14)5-10)12-11(13(18)19)6-9(15)7-16-12/h2-7H,1H3,(H,18,19). The number of carboxylic acid groups (broad SMARTS) is 1. The van der Waals surface area contributed by atoms with Gasteiger partial charge in [-0.05, 0) is 24.3 Å². The highest BCUT2D eigenvalue weighted by Gasteiger charge is 2.17. The zero-order valence-corrected chi connectivity index (χ0v) is 9.97. The summed E-state index contributed by atoms with van der Waals surface area (Å²) in [5, 5.41) is 9.03. The van der Waals surface area contributed by atoms with Crippen LogP contribution >= 0.6 is 0 Å². The predicted molar refractivity (Wildman–Crippen MR) is 65.6 cm³/mol. The minimum atomic E-state index is -1.30. The van der Waals surface area contributed by atoms with Crippen molar-refractivity contribution in [2.45, 2.75) is 0 Å². The van der Waals surface area contributed by atoms with Crippen molar-refractivity contribution in [1.82, 2.24) is 4.98 Å². The molecule has 1 aromatic heterocycles. The van der Waals surface area contributed by atoms with E-state index < -0.39 is 17.6 Å². The first kappa shape index (κ1) is 12.9. The summed E-state index contributed by atoms with van der Waals surface area (Å²) in [5.74, 6) is -2.46. The highest BCUT2D eigenvalue weighted by molar-refractivity contribution is 5.94. The van der Waals surface area contributed by atoms with Crippen molar-refractivity contribution in [2.75, 3.05) is 11.9 Å². The molecule has 0 radical (unpaired) electrons. The Kier molecular flexibility index (Phi) is 3.41. The molecule has 19 heavy (non-hydrogen) atoms. The Labute approximate surface area is 107 Å². The van der Waals surface area contributed by atoms with E-state index in [1.165, 1.54) is 30.1 Å². The molecule has 0 saturated carbocycles. The van der Waals surface area contributed by atoms with Crippen LogP contribution in [0.4, 0.5) is 20.3 Å². The normalized spacial score (nSPS) is 10.3. The number of aromatic carboxylic acids is 1. The highest BCUT2D eigenvalue weighted by atomic mass is 19.1. The van der Waals surface area contributed by atoms with E-state index in [0.717, 1.165) is 12.3 Å². The third-order valence-corrected chi connectivity index (χ3v) is 2.58. The molecule has 4 nitrogen and oxygen atoms in total. The molecule has 0 amide bonds. The average Bonchev–Trinajstić information content (AvgIpc) is 2.37. The van der Waals surface area contributed by atoms with Crippen molar-refractivity contribution >= 4 is 17.5 Å². The number of rotatable bonds is 3. The number of nitrogens with zero attached hydrogens (tertiary/aromatic N) is 2. The van der Waals surface area contributed by atoms with E-state index in [-0.39, 0.29) is 11.4 Å². The molecule has 0 saturated heterocycles. The fourth-order valence-electron chi connectivity index (χ4n) is 1.66. The molecule has 1 N–H and O–H groups in total. The molecule has 1 aromatic carbocycles. The number of anilines is 2. The molecule has 0 aliphatic carbocycles. The highest BCUT2D eigenvalue weighted by Crippen LogP contribution is 2.25. The lowest BCUT2D eigenvalue weighted by Gasteiger charge is -2.20. The summed E-state index contributed by atoms with van der Waals surface area (Å²) in [5.41, 5.74) is 0.133. The second kappa shape index (κ2) is 5.01. The van der Waals surface area contributed by atoms with Gasteiger partial charge < -0.3 is 10.0 Å². The summed E-state index contributed by atoms with van der Waals surface area (Å²) in [6, 6.07) is 6.47.